The predicted molar refractivity (Wildman–Crippen MR) is 81.3 cm³/mol. The third kappa shape index (κ3) is 2.56. The molecule has 2 fully saturated rings. The lowest BCUT2D eigenvalue weighted by Gasteiger charge is -2.23. The van der Waals surface area contributed by atoms with E-state index in [4.69, 9.17) is 9.72 Å². The topological polar surface area (TPSA) is 52.0 Å². The molecule has 2 atom stereocenters. The highest BCUT2D eigenvalue weighted by Crippen LogP contribution is 2.26. The first-order valence-electron chi connectivity index (χ1n) is 8.06. The van der Waals surface area contributed by atoms with Gasteiger partial charge in [-0.2, -0.15) is 0 Å². The van der Waals surface area contributed by atoms with Crippen molar-refractivity contribution in [2.45, 2.75) is 44.2 Å². The summed E-state index contributed by atoms with van der Waals surface area (Å²) < 4.78 is 8.26. The van der Waals surface area contributed by atoms with Crippen LogP contribution in [0.25, 0.3) is 11.2 Å². The van der Waals surface area contributed by atoms with Gasteiger partial charge in [0.05, 0.1) is 12.1 Å². The zero-order valence-electron chi connectivity index (χ0n) is 12.3. The maximum Gasteiger partial charge on any atom is 0.160 e. The number of pyridine rings is 1. The van der Waals surface area contributed by atoms with E-state index >= 15 is 0 Å². The molecule has 112 valence electrons. The van der Waals surface area contributed by atoms with E-state index < -0.39 is 0 Å². The molecular formula is C16H22N4O. The fraction of sp³-hybridized carbons (Fsp3) is 0.625. The van der Waals surface area contributed by atoms with Gasteiger partial charge in [-0.15, -0.1) is 0 Å². The standard InChI is InChI=1S/C16H22N4O/c1-2-9-21-13(4-1)10-15-19-14-5-3-7-18-16(14)20(15)12-6-8-17-11-12/h3,5,7,12-13,17H,1-2,4,6,8-11H2. The van der Waals surface area contributed by atoms with Crippen molar-refractivity contribution >= 4 is 11.2 Å². The minimum atomic E-state index is 0.323. The van der Waals surface area contributed by atoms with Crippen molar-refractivity contribution in [3.8, 4) is 0 Å². The van der Waals surface area contributed by atoms with Crippen molar-refractivity contribution < 1.29 is 4.74 Å². The number of imidazole rings is 1. The average Bonchev–Trinajstić information content (AvgIpc) is 3.14. The molecule has 5 nitrogen and oxygen atoms in total. The number of fused-ring (bicyclic) bond motifs is 1. The van der Waals surface area contributed by atoms with E-state index in [1.807, 2.05) is 12.3 Å². The third-order valence-corrected chi connectivity index (χ3v) is 4.61. The first-order valence-corrected chi connectivity index (χ1v) is 8.06. The summed E-state index contributed by atoms with van der Waals surface area (Å²) in [5.41, 5.74) is 2.03. The van der Waals surface area contributed by atoms with E-state index in [1.165, 1.54) is 12.8 Å². The van der Waals surface area contributed by atoms with Crippen LogP contribution in [0.3, 0.4) is 0 Å². The van der Waals surface area contributed by atoms with Crippen LogP contribution in [0, 0.1) is 0 Å². The van der Waals surface area contributed by atoms with Gasteiger partial charge in [0.25, 0.3) is 0 Å². The Balaban J connectivity index is 1.70. The number of hydrogen-bond donors (Lipinski definition) is 1. The molecule has 21 heavy (non-hydrogen) atoms. The Morgan fingerprint density at radius 1 is 1.33 bits per heavy atom. The minimum absolute atomic E-state index is 0.323. The maximum atomic E-state index is 5.91. The summed E-state index contributed by atoms with van der Waals surface area (Å²) in [5, 5.41) is 3.45. The molecule has 0 aliphatic carbocycles. The lowest BCUT2D eigenvalue weighted by molar-refractivity contribution is 0.0151. The van der Waals surface area contributed by atoms with E-state index in [9.17, 15) is 0 Å². The molecular weight excluding hydrogens is 264 g/mol. The Kier molecular flexibility index (Phi) is 3.61. The van der Waals surface area contributed by atoms with Crippen LogP contribution in [-0.4, -0.2) is 40.3 Å². The molecule has 2 unspecified atom stereocenters. The summed E-state index contributed by atoms with van der Waals surface area (Å²) in [7, 11) is 0. The van der Waals surface area contributed by atoms with Gasteiger partial charge in [0, 0.05) is 25.8 Å². The summed E-state index contributed by atoms with van der Waals surface area (Å²) in [6.45, 7) is 2.99. The van der Waals surface area contributed by atoms with Gasteiger partial charge in [0.1, 0.15) is 11.3 Å². The van der Waals surface area contributed by atoms with Crippen LogP contribution < -0.4 is 5.32 Å². The van der Waals surface area contributed by atoms with E-state index in [0.29, 0.717) is 12.1 Å². The number of ether oxygens (including phenoxy) is 1. The van der Waals surface area contributed by atoms with Gasteiger partial charge in [-0.1, -0.05) is 0 Å². The predicted octanol–water partition coefficient (Wildman–Crippen LogP) is 2.08. The highest BCUT2D eigenvalue weighted by molar-refractivity contribution is 5.71. The van der Waals surface area contributed by atoms with E-state index in [0.717, 1.165) is 55.9 Å². The van der Waals surface area contributed by atoms with Gasteiger partial charge in [-0.05, 0) is 44.4 Å². The summed E-state index contributed by atoms with van der Waals surface area (Å²) in [5.74, 6) is 1.14. The number of hydrogen-bond acceptors (Lipinski definition) is 4. The first-order chi connectivity index (χ1) is 10.4. The smallest absolute Gasteiger partial charge is 0.160 e. The second-order valence-corrected chi connectivity index (χ2v) is 6.08. The minimum Gasteiger partial charge on any atom is -0.378 e. The molecule has 0 radical (unpaired) electrons. The lowest BCUT2D eigenvalue weighted by atomic mass is 10.1. The Morgan fingerprint density at radius 3 is 3.14 bits per heavy atom. The number of nitrogens with zero attached hydrogens (tertiary/aromatic N) is 3. The van der Waals surface area contributed by atoms with E-state index in [2.05, 4.69) is 20.9 Å². The third-order valence-electron chi connectivity index (χ3n) is 4.61. The van der Waals surface area contributed by atoms with Crippen molar-refractivity contribution in [2.24, 2.45) is 0 Å². The number of aromatic nitrogens is 3. The summed E-state index contributed by atoms with van der Waals surface area (Å²) in [6.07, 6.45) is 7.87. The molecule has 0 bridgehead atoms. The summed E-state index contributed by atoms with van der Waals surface area (Å²) in [6, 6.07) is 4.50. The molecule has 2 saturated heterocycles. The lowest BCUT2D eigenvalue weighted by Crippen LogP contribution is -2.24. The molecule has 5 heteroatoms. The van der Waals surface area contributed by atoms with Crippen LogP contribution in [-0.2, 0) is 11.2 Å². The number of rotatable bonds is 3. The zero-order chi connectivity index (χ0) is 14.1. The van der Waals surface area contributed by atoms with Gasteiger partial charge in [0.15, 0.2) is 5.65 Å². The normalized spacial score (nSPS) is 26.5. The van der Waals surface area contributed by atoms with E-state index in [1.54, 1.807) is 0 Å². The average molecular weight is 286 g/mol. The number of nitrogens with one attached hydrogen (secondary N) is 1. The van der Waals surface area contributed by atoms with Crippen LogP contribution in [0.1, 0.15) is 37.5 Å². The Labute approximate surface area is 124 Å². The first kappa shape index (κ1) is 13.2. The molecule has 2 aromatic rings. The van der Waals surface area contributed by atoms with Crippen molar-refractivity contribution in [3.05, 3.63) is 24.2 Å². The fourth-order valence-corrected chi connectivity index (χ4v) is 3.54. The Hall–Kier alpha value is -1.46. The second kappa shape index (κ2) is 5.73. The maximum absolute atomic E-state index is 5.91. The Morgan fingerprint density at radius 2 is 2.33 bits per heavy atom. The van der Waals surface area contributed by atoms with Crippen molar-refractivity contribution in [1.29, 1.82) is 0 Å². The molecule has 0 amide bonds. The van der Waals surface area contributed by atoms with Crippen LogP contribution in [0.15, 0.2) is 18.3 Å². The Bertz CT molecular complexity index is 612. The van der Waals surface area contributed by atoms with Gasteiger partial charge in [0.2, 0.25) is 0 Å². The van der Waals surface area contributed by atoms with Crippen LogP contribution in [0.5, 0.6) is 0 Å². The monoisotopic (exact) mass is 286 g/mol. The van der Waals surface area contributed by atoms with Gasteiger partial charge < -0.3 is 14.6 Å². The summed E-state index contributed by atoms with van der Waals surface area (Å²) in [4.78, 5) is 9.42. The highest BCUT2D eigenvalue weighted by Gasteiger charge is 2.25. The molecule has 2 aliphatic heterocycles. The SMILES string of the molecule is c1cnc2c(c1)nc(CC1CCCCO1)n2C1CCNC1. The van der Waals surface area contributed by atoms with E-state index in [-0.39, 0.29) is 0 Å². The zero-order valence-corrected chi connectivity index (χ0v) is 12.3. The van der Waals surface area contributed by atoms with Crippen molar-refractivity contribution in [2.75, 3.05) is 19.7 Å². The largest absolute Gasteiger partial charge is 0.378 e. The van der Waals surface area contributed by atoms with Gasteiger partial charge >= 0.3 is 0 Å². The van der Waals surface area contributed by atoms with Gasteiger partial charge in [-0.3, -0.25) is 0 Å². The fourth-order valence-electron chi connectivity index (χ4n) is 3.54. The molecule has 4 heterocycles. The highest BCUT2D eigenvalue weighted by atomic mass is 16.5. The second-order valence-electron chi connectivity index (χ2n) is 6.08. The molecule has 2 aromatic heterocycles. The molecule has 4 rings (SSSR count). The van der Waals surface area contributed by atoms with Crippen LogP contribution >= 0.6 is 0 Å². The quantitative estimate of drug-likeness (QED) is 0.938. The van der Waals surface area contributed by atoms with Crippen molar-refractivity contribution in [1.82, 2.24) is 19.9 Å². The van der Waals surface area contributed by atoms with Crippen LogP contribution in [0.4, 0.5) is 0 Å². The van der Waals surface area contributed by atoms with Crippen molar-refractivity contribution in [3.63, 3.8) is 0 Å². The van der Waals surface area contributed by atoms with Crippen LogP contribution in [0.2, 0.25) is 0 Å². The molecule has 0 saturated carbocycles. The summed E-state index contributed by atoms with van der Waals surface area (Å²) >= 11 is 0. The van der Waals surface area contributed by atoms with Gasteiger partial charge in [-0.25, -0.2) is 9.97 Å². The molecule has 0 aromatic carbocycles. The molecule has 0 spiro atoms. The molecule has 1 N–H and O–H groups in total. The molecule has 2 aliphatic rings.